The van der Waals surface area contributed by atoms with Crippen LogP contribution in [0.25, 0.3) is 0 Å². The lowest BCUT2D eigenvalue weighted by Crippen LogP contribution is -2.38. The molecule has 2 rings (SSSR count). The van der Waals surface area contributed by atoms with Crippen LogP contribution >= 0.6 is 0 Å². The molecule has 0 saturated carbocycles. The molecule has 0 spiro atoms. The van der Waals surface area contributed by atoms with Crippen LogP contribution in [-0.4, -0.2) is 30.3 Å². The quantitative estimate of drug-likeness (QED) is 0.513. The summed E-state index contributed by atoms with van der Waals surface area (Å²) in [5, 5.41) is 16.0. The summed E-state index contributed by atoms with van der Waals surface area (Å²) in [6.45, 7) is 2.28. The van der Waals surface area contributed by atoms with Gasteiger partial charge in [0.05, 0.1) is 6.10 Å². The van der Waals surface area contributed by atoms with E-state index in [-0.39, 0.29) is 12.1 Å². The first-order valence-corrected chi connectivity index (χ1v) is 5.22. The molecule has 1 aliphatic rings. The van der Waals surface area contributed by atoms with Gasteiger partial charge in [-0.05, 0) is 17.7 Å². The zero-order chi connectivity index (χ0) is 10.7. The topological polar surface area (TPSA) is 70.3 Å². The van der Waals surface area contributed by atoms with E-state index < -0.39 is 0 Å². The van der Waals surface area contributed by atoms with Crippen molar-refractivity contribution in [2.75, 3.05) is 18.8 Å². The van der Waals surface area contributed by atoms with E-state index in [1.165, 1.54) is 5.56 Å². The number of nitrogen functional groups attached to an aromatic ring is 1. The molecule has 0 amide bonds. The van der Waals surface area contributed by atoms with E-state index in [4.69, 9.17) is 5.73 Å². The molecule has 82 valence electrons. The van der Waals surface area contributed by atoms with E-state index in [2.05, 4.69) is 10.6 Å². The Kier molecular flexibility index (Phi) is 3.20. The maximum absolute atomic E-state index is 9.57. The molecule has 1 aromatic carbocycles. The van der Waals surface area contributed by atoms with Gasteiger partial charge in [0.25, 0.3) is 0 Å². The van der Waals surface area contributed by atoms with Gasteiger partial charge in [-0.1, -0.05) is 12.1 Å². The Morgan fingerprint density at radius 2 is 2.07 bits per heavy atom. The maximum Gasteiger partial charge on any atom is 0.0829 e. The molecular weight excluding hydrogens is 190 g/mol. The molecule has 1 saturated heterocycles. The summed E-state index contributed by atoms with van der Waals surface area (Å²) in [5.74, 6) is 0. The van der Waals surface area contributed by atoms with Crippen molar-refractivity contribution >= 4 is 5.69 Å². The van der Waals surface area contributed by atoms with Crippen LogP contribution in [0, 0.1) is 0 Å². The lowest BCUT2D eigenvalue weighted by molar-refractivity contribution is 0.162. The third-order valence-corrected chi connectivity index (χ3v) is 2.73. The summed E-state index contributed by atoms with van der Waals surface area (Å²) in [4.78, 5) is 0. The number of aliphatic hydroxyl groups excluding tert-OH is 1. The molecule has 1 fully saturated rings. The minimum Gasteiger partial charge on any atom is -0.399 e. The Balaban J connectivity index is 1.85. The first kappa shape index (κ1) is 10.4. The summed E-state index contributed by atoms with van der Waals surface area (Å²) in [6, 6.07) is 7.93. The Morgan fingerprint density at radius 1 is 1.33 bits per heavy atom. The van der Waals surface area contributed by atoms with Gasteiger partial charge in [0, 0.05) is 31.4 Å². The molecular formula is C11H17N3O. The van der Waals surface area contributed by atoms with Crippen molar-refractivity contribution in [2.45, 2.75) is 18.7 Å². The van der Waals surface area contributed by atoms with Gasteiger partial charge in [0.1, 0.15) is 0 Å². The minimum absolute atomic E-state index is 0.155. The predicted octanol–water partition coefficient (Wildman–Crippen LogP) is -0.309. The van der Waals surface area contributed by atoms with Crippen molar-refractivity contribution in [3.8, 4) is 0 Å². The fourth-order valence-electron chi connectivity index (χ4n) is 1.76. The number of hydrogen-bond acceptors (Lipinski definition) is 4. The van der Waals surface area contributed by atoms with Gasteiger partial charge >= 0.3 is 0 Å². The van der Waals surface area contributed by atoms with Crippen LogP contribution in [-0.2, 0) is 6.54 Å². The molecule has 1 aliphatic heterocycles. The molecule has 5 N–H and O–H groups in total. The van der Waals surface area contributed by atoms with Crippen LogP contribution in [0.1, 0.15) is 5.56 Å². The van der Waals surface area contributed by atoms with Crippen molar-refractivity contribution in [3.63, 3.8) is 0 Å². The van der Waals surface area contributed by atoms with Crippen LogP contribution < -0.4 is 16.4 Å². The van der Waals surface area contributed by atoms with Crippen LogP contribution in [0.3, 0.4) is 0 Å². The lowest BCUT2D eigenvalue weighted by Gasteiger charge is -2.15. The van der Waals surface area contributed by atoms with Crippen molar-refractivity contribution < 1.29 is 5.11 Å². The third-order valence-electron chi connectivity index (χ3n) is 2.73. The zero-order valence-electron chi connectivity index (χ0n) is 8.61. The van der Waals surface area contributed by atoms with E-state index in [9.17, 15) is 5.11 Å². The van der Waals surface area contributed by atoms with Crippen LogP contribution in [0.2, 0.25) is 0 Å². The Hall–Kier alpha value is -1.10. The summed E-state index contributed by atoms with van der Waals surface area (Å²) in [6.07, 6.45) is -0.279. The van der Waals surface area contributed by atoms with Gasteiger partial charge in [0.2, 0.25) is 0 Å². The number of benzene rings is 1. The average Bonchev–Trinajstić information content (AvgIpc) is 2.63. The van der Waals surface area contributed by atoms with Gasteiger partial charge in [0.15, 0.2) is 0 Å². The van der Waals surface area contributed by atoms with Crippen molar-refractivity contribution in [2.24, 2.45) is 0 Å². The molecule has 0 radical (unpaired) electrons. The van der Waals surface area contributed by atoms with Gasteiger partial charge in [-0.15, -0.1) is 0 Å². The van der Waals surface area contributed by atoms with Gasteiger partial charge in [-0.3, -0.25) is 0 Å². The second-order valence-electron chi connectivity index (χ2n) is 3.95. The van der Waals surface area contributed by atoms with Gasteiger partial charge in [-0.25, -0.2) is 0 Å². The van der Waals surface area contributed by atoms with Crippen molar-refractivity contribution in [1.29, 1.82) is 0 Å². The largest absolute Gasteiger partial charge is 0.399 e. The highest BCUT2D eigenvalue weighted by atomic mass is 16.3. The highest BCUT2D eigenvalue weighted by Crippen LogP contribution is 2.06. The second kappa shape index (κ2) is 4.61. The van der Waals surface area contributed by atoms with Crippen molar-refractivity contribution in [1.82, 2.24) is 10.6 Å². The maximum atomic E-state index is 9.57. The van der Waals surface area contributed by atoms with Crippen molar-refractivity contribution in [3.05, 3.63) is 29.8 Å². The van der Waals surface area contributed by atoms with E-state index in [1.807, 2.05) is 24.3 Å². The number of hydrogen-bond donors (Lipinski definition) is 4. The van der Waals surface area contributed by atoms with E-state index >= 15 is 0 Å². The number of nitrogens with two attached hydrogens (primary N) is 1. The zero-order valence-corrected chi connectivity index (χ0v) is 8.61. The molecule has 0 aromatic heterocycles. The average molecular weight is 207 g/mol. The molecule has 1 aromatic rings. The molecule has 2 atom stereocenters. The number of aliphatic hydroxyl groups is 1. The molecule has 0 unspecified atom stereocenters. The fourth-order valence-corrected chi connectivity index (χ4v) is 1.76. The highest BCUT2D eigenvalue weighted by Gasteiger charge is 2.23. The summed E-state index contributed by atoms with van der Waals surface area (Å²) >= 11 is 0. The van der Waals surface area contributed by atoms with Crippen LogP contribution in [0.4, 0.5) is 5.69 Å². The SMILES string of the molecule is Nc1ccc(CN[C@@H]2CNC[C@H]2O)cc1. The first-order valence-electron chi connectivity index (χ1n) is 5.22. The summed E-state index contributed by atoms with van der Waals surface area (Å²) in [5.41, 5.74) is 7.56. The molecule has 4 heteroatoms. The predicted molar refractivity (Wildman–Crippen MR) is 60.4 cm³/mol. The molecule has 15 heavy (non-hydrogen) atoms. The molecule has 0 aliphatic carbocycles. The Morgan fingerprint density at radius 3 is 2.67 bits per heavy atom. The van der Waals surface area contributed by atoms with E-state index in [0.29, 0.717) is 6.54 Å². The van der Waals surface area contributed by atoms with Crippen LogP contribution in [0.15, 0.2) is 24.3 Å². The van der Waals surface area contributed by atoms with Gasteiger partial charge < -0.3 is 21.5 Å². The monoisotopic (exact) mass is 207 g/mol. The van der Waals surface area contributed by atoms with Gasteiger partial charge in [-0.2, -0.15) is 0 Å². The molecule has 0 bridgehead atoms. The second-order valence-corrected chi connectivity index (χ2v) is 3.95. The smallest absolute Gasteiger partial charge is 0.0829 e. The Labute approximate surface area is 89.5 Å². The number of β-amino-alcohol motifs (C(OH)–C–C–N with tert-alkyl or cyclic N) is 1. The number of anilines is 1. The first-order chi connectivity index (χ1) is 7.25. The fraction of sp³-hybridized carbons (Fsp3) is 0.455. The van der Waals surface area contributed by atoms with E-state index in [1.54, 1.807) is 0 Å². The molecule has 4 nitrogen and oxygen atoms in total. The molecule has 1 heterocycles. The standard InChI is InChI=1S/C11H17N3O/c12-9-3-1-8(2-4-9)5-14-10-6-13-7-11(10)15/h1-4,10-11,13-15H,5-7,12H2/t10-,11-/m1/s1. The van der Waals surface area contributed by atoms with Crippen LogP contribution in [0.5, 0.6) is 0 Å². The minimum atomic E-state index is -0.279. The summed E-state index contributed by atoms with van der Waals surface area (Å²) < 4.78 is 0. The summed E-state index contributed by atoms with van der Waals surface area (Å²) in [7, 11) is 0. The normalized spacial score (nSPS) is 25.7. The number of nitrogens with one attached hydrogen (secondary N) is 2. The third kappa shape index (κ3) is 2.68. The lowest BCUT2D eigenvalue weighted by atomic mass is 10.1. The van der Waals surface area contributed by atoms with E-state index in [0.717, 1.165) is 18.8 Å². The highest BCUT2D eigenvalue weighted by molar-refractivity contribution is 5.39. The Bertz CT molecular complexity index is 312. The number of rotatable bonds is 3.